The summed E-state index contributed by atoms with van der Waals surface area (Å²) in [7, 11) is 0. The summed E-state index contributed by atoms with van der Waals surface area (Å²) in [5.41, 5.74) is 0. The van der Waals surface area contributed by atoms with Crippen molar-refractivity contribution in [1.82, 2.24) is 9.97 Å². The fraction of sp³-hybridized carbons (Fsp3) is 0. The molecule has 1 aromatic carbocycles. The molecule has 0 radical (unpaired) electrons. The first-order valence-corrected chi connectivity index (χ1v) is 5.74. The van der Waals surface area contributed by atoms with Crippen molar-refractivity contribution in [1.29, 1.82) is 0 Å². The SMILES string of the molecule is Clc1ncc(Cl)c(Sc2ccccc2)n1. The number of hydrogen-bond donors (Lipinski definition) is 0. The second-order valence-electron chi connectivity index (χ2n) is 2.71. The molecular formula is C10H6Cl2N2S. The highest BCUT2D eigenvalue weighted by atomic mass is 35.5. The molecule has 0 saturated carbocycles. The molecule has 15 heavy (non-hydrogen) atoms. The van der Waals surface area contributed by atoms with Crippen molar-refractivity contribution in [2.75, 3.05) is 0 Å². The molecule has 0 saturated heterocycles. The monoisotopic (exact) mass is 256 g/mol. The minimum atomic E-state index is 0.206. The minimum Gasteiger partial charge on any atom is -0.225 e. The number of nitrogens with zero attached hydrogens (tertiary/aromatic N) is 2. The minimum absolute atomic E-state index is 0.206. The maximum atomic E-state index is 5.94. The average Bonchev–Trinajstić information content (AvgIpc) is 2.25. The first-order chi connectivity index (χ1) is 7.25. The maximum Gasteiger partial charge on any atom is 0.223 e. The molecule has 5 heteroatoms. The Morgan fingerprint density at radius 2 is 1.80 bits per heavy atom. The lowest BCUT2D eigenvalue weighted by Gasteiger charge is -2.02. The van der Waals surface area contributed by atoms with Crippen LogP contribution in [0.15, 0.2) is 46.5 Å². The van der Waals surface area contributed by atoms with Crippen molar-refractivity contribution in [3.05, 3.63) is 46.8 Å². The number of aromatic nitrogens is 2. The summed E-state index contributed by atoms with van der Waals surface area (Å²) in [4.78, 5) is 8.91. The standard InChI is InChI=1S/C10H6Cl2N2S/c11-8-6-13-10(12)14-9(8)15-7-4-2-1-3-5-7/h1-6H. The van der Waals surface area contributed by atoms with E-state index in [1.165, 1.54) is 18.0 Å². The van der Waals surface area contributed by atoms with Crippen LogP contribution in [0.5, 0.6) is 0 Å². The Labute approximate surface area is 102 Å². The van der Waals surface area contributed by atoms with E-state index < -0.39 is 0 Å². The zero-order valence-electron chi connectivity index (χ0n) is 7.52. The first-order valence-electron chi connectivity index (χ1n) is 4.16. The van der Waals surface area contributed by atoms with E-state index in [-0.39, 0.29) is 5.28 Å². The fourth-order valence-corrected chi connectivity index (χ4v) is 2.19. The van der Waals surface area contributed by atoms with Gasteiger partial charge in [-0.1, -0.05) is 41.6 Å². The molecule has 2 rings (SSSR count). The topological polar surface area (TPSA) is 25.8 Å². The van der Waals surface area contributed by atoms with Crippen LogP contribution >= 0.6 is 35.0 Å². The van der Waals surface area contributed by atoms with Crippen LogP contribution < -0.4 is 0 Å². The molecule has 1 aromatic heterocycles. The molecule has 2 aromatic rings. The van der Waals surface area contributed by atoms with E-state index in [9.17, 15) is 0 Å². The van der Waals surface area contributed by atoms with Crippen molar-refractivity contribution < 1.29 is 0 Å². The normalized spacial score (nSPS) is 10.3. The van der Waals surface area contributed by atoms with Crippen molar-refractivity contribution in [2.45, 2.75) is 9.92 Å². The van der Waals surface area contributed by atoms with Crippen molar-refractivity contribution in [2.24, 2.45) is 0 Å². The van der Waals surface area contributed by atoms with Gasteiger partial charge in [-0.15, -0.1) is 0 Å². The Kier molecular flexibility index (Phi) is 3.46. The van der Waals surface area contributed by atoms with E-state index in [4.69, 9.17) is 23.2 Å². The Hall–Kier alpha value is -0.770. The van der Waals surface area contributed by atoms with Gasteiger partial charge < -0.3 is 0 Å². The molecule has 0 unspecified atom stereocenters. The van der Waals surface area contributed by atoms with Gasteiger partial charge in [0.05, 0.1) is 11.2 Å². The van der Waals surface area contributed by atoms with Crippen molar-refractivity contribution >= 4 is 35.0 Å². The third kappa shape index (κ3) is 2.84. The van der Waals surface area contributed by atoms with Gasteiger partial charge in [-0.3, -0.25) is 0 Å². The predicted molar refractivity (Wildman–Crippen MR) is 62.6 cm³/mol. The molecule has 0 fully saturated rings. The van der Waals surface area contributed by atoms with E-state index in [0.29, 0.717) is 10.0 Å². The van der Waals surface area contributed by atoms with Gasteiger partial charge in [0, 0.05) is 4.90 Å². The summed E-state index contributed by atoms with van der Waals surface area (Å²) >= 11 is 13.1. The van der Waals surface area contributed by atoms with Crippen LogP contribution in [0.4, 0.5) is 0 Å². The van der Waals surface area contributed by atoms with E-state index >= 15 is 0 Å². The van der Waals surface area contributed by atoms with Crippen LogP contribution in [0.1, 0.15) is 0 Å². The molecule has 0 spiro atoms. The van der Waals surface area contributed by atoms with Gasteiger partial charge in [0.1, 0.15) is 5.03 Å². The van der Waals surface area contributed by atoms with Gasteiger partial charge in [0.15, 0.2) is 0 Å². The summed E-state index contributed by atoms with van der Waals surface area (Å²) in [5.74, 6) is 0. The smallest absolute Gasteiger partial charge is 0.223 e. The Balaban J connectivity index is 2.28. The Morgan fingerprint density at radius 3 is 2.53 bits per heavy atom. The molecule has 0 amide bonds. The highest BCUT2D eigenvalue weighted by Gasteiger charge is 2.05. The van der Waals surface area contributed by atoms with Crippen molar-refractivity contribution in [3.8, 4) is 0 Å². The van der Waals surface area contributed by atoms with Gasteiger partial charge in [0.2, 0.25) is 5.28 Å². The zero-order valence-corrected chi connectivity index (χ0v) is 9.85. The molecule has 0 aliphatic heterocycles. The van der Waals surface area contributed by atoms with Crippen molar-refractivity contribution in [3.63, 3.8) is 0 Å². The van der Waals surface area contributed by atoms with Crippen LogP contribution in [-0.4, -0.2) is 9.97 Å². The molecule has 1 heterocycles. The second-order valence-corrected chi connectivity index (χ2v) is 4.51. The van der Waals surface area contributed by atoms with Gasteiger partial charge in [-0.2, -0.15) is 0 Å². The van der Waals surface area contributed by atoms with E-state index in [1.54, 1.807) is 0 Å². The van der Waals surface area contributed by atoms with Crippen LogP contribution in [0.2, 0.25) is 10.3 Å². The van der Waals surface area contributed by atoms with E-state index in [2.05, 4.69) is 9.97 Å². The van der Waals surface area contributed by atoms with E-state index in [0.717, 1.165) is 4.90 Å². The molecule has 0 N–H and O–H groups in total. The summed E-state index contributed by atoms with van der Waals surface area (Å²) in [6.07, 6.45) is 1.50. The summed E-state index contributed by atoms with van der Waals surface area (Å²) in [6, 6.07) is 9.84. The van der Waals surface area contributed by atoms with Crippen LogP contribution in [-0.2, 0) is 0 Å². The third-order valence-corrected chi connectivity index (χ3v) is 3.22. The molecule has 76 valence electrons. The van der Waals surface area contributed by atoms with Crippen LogP contribution in [0.25, 0.3) is 0 Å². The third-order valence-electron chi connectivity index (χ3n) is 1.64. The molecule has 0 aliphatic rings. The zero-order chi connectivity index (χ0) is 10.7. The van der Waals surface area contributed by atoms with Crippen LogP contribution in [0, 0.1) is 0 Å². The van der Waals surface area contributed by atoms with Gasteiger partial charge in [0.25, 0.3) is 0 Å². The molecule has 2 nitrogen and oxygen atoms in total. The fourth-order valence-electron chi connectivity index (χ4n) is 1.00. The lowest BCUT2D eigenvalue weighted by Crippen LogP contribution is -1.86. The maximum absolute atomic E-state index is 5.94. The first kappa shape index (κ1) is 10.7. The van der Waals surface area contributed by atoms with E-state index in [1.807, 2.05) is 30.3 Å². The average molecular weight is 257 g/mol. The number of halogens is 2. The summed E-state index contributed by atoms with van der Waals surface area (Å²) in [6.45, 7) is 0. The second kappa shape index (κ2) is 4.84. The van der Waals surface area contributed by atoms with Gasteiger partial charge in [-0.25, -0.2) is 9.97 Å². The predicted octanol–water partition coefficient (Wildman–Crippen LogP) is 3.93. The summed E-state index contributed by atoms with van der Waals surface area (Å²) < 4.78 is 0. The lowest BCUT2D eigenvalue weighted by atomic mass is 10.4. The number of hydrogen-bond acceptors (Lipinski definition) is 3. The molecular weight excluding hydrogens is 251 g/mol. The van der Waals surface area contributed by atoms with Crippen LogP contribution in [0.3, 0.4) is 0 Å². The summed E-state index contributed by atoms with van der Waals surface area (Å²) in [5, 5.41) is 1.38. The largest absolute Gasteiger partial charge is 0.225 e. The molecule has 0 aliphatic carbocycles. The number of benzene rings is 1. The number of rotatable bonds is 2. The highest BCUT2D eigenvalue weighted by molar-refractivity contribution is 7.99. The van der Waals surface area contributed by atoms with Gasteiger partial charge >= 0.3 is 0 Å². The Morgan fingerprint density at radius 1 is 1.07 bits per heavy atom. The molecule has 0 bridgehead atoms. The highest BCUT2D eigenvalue weighted by Crippen LogP contribution is 2.31. The molecule has 0 atom stereocenters. The Bertz CT molecular complexity index is 462. The van der Waals surface area contributed by atoms with Gasteiger partial charge in [-0.05, 0) is 23.7 Å². The lowest BCUT2D eigenvalue weighted by molar-refractivity contribution is 1.05. The quantitative estimate of drug-likeness (QED) is 0.602.